The molecular formula is C8H12N2O3. The van der Waals surface area contributed by atoms with Gasteiger partial charge in [0.25, 0.3) is 0 Å². The Bertz CT molecular complexity index is 256. The lowest BCUT2D eigenvalue weighted by Crippen LogP contribution is -2.23. The van der Waals surface area contributed by atoms with Crippen molar-refractivity contribution >= 4 is 12.1 Å². The average molecular weight is 184 g/mol. The Hall–Kier alpha value is -1.52. The van der Waals surface area contributed by atoms with Crippen molar-refractivity contribution in [1.29, 1.82) is 0 Å². The maximum atomic E-state index is 10.8. The molecule has 0 aromatic carbocycles. The summed E-state index contributed by atoms with van der Waals surface area (Å²) in [6, 6.07) is 0.0798. The largest absolute Gasteiger partial charge is 0.384 e. The summed E-state index contributed by atoms with van der Waals surface area (Å²) in [6.45, 7) is 5.22. The fraction of sp³-hybridized carbons (Fsp3) is 0.500. The summed E-state index contributed by atoms with van der Waals surface area (Å²) in [5, 5.41) is 5.31. The van der Waals surface area contributed by atoms with Crippen LogP contribution in [-0.2, 0) is 9.59 Å². The molecule has 0 saturated carbocycles. The molecule has 1 N–H and O–H groups in total. The van der Waals surface area contributed by atoms with Crippen LogP contribution in [0.4, 0.5) is 0 Å². The first-order chi connectivity index (χ1) is 6.02. The molecule has 0 aromatic heterocycles. The van der Waals surface area contributed by atoms with Gasteiger partial charge >= 0.3 is 0 Å². The van der Waals surface area contributed by atoms with E-state index in [0.717, 1.165) is 0 Å². The SMILES string of the molecule is C/C(NC(C)C)=C(/N=O)C(=O)C=O. The molecule has 0 aromatic rings. The summed E-state index contributed by atoms with van der Waals surface area (Å²) < 4.78 is 0. The van der Waals surface area contributed by atoms with Crippen LogP contribution in [0.2, 0.25) is 0 Å². The van der Waals surface area contributed by atoms with E-state index in [1.54, 1.807) is 0 Å². The van der Waals surface area contributed by atoms with Crippen molar-refractivity contribution in [1.82, 2.24) is 5.32 Å². The van der Waals surface area contributed by atoms with Crippen LogP contribution in [0.3, 0.4) is 0 Å². The normalized spacial score (nSPS) is 12.0. The van der Waals surface area contributed by atoms with E-state index in [4.69, 9.17) is 0 Å². The van der Waals surface area contributed by atoms with E-state index in [2.05, 4.69) is 10.5 Å². The van der Waals surface area contributed by atoms with Crippen LogP contribution in [0, 0.1) is 4.91 Å². The van der Waals surface area contributed by atoms with Gasteiger partial charge in [-0.1, -0.05) is 0 Å². The van der Waals surface area contributed by atoms with Gasteiger partial charge in [-0.25, -0.2) is 0 Å². The number of Topliss-reactive ketones (excluding diaryl/α,β-unsaturated/α-hetero) is 1. The van der Waals surface area contributed by atoms with Gasteiger partial charge in [-0.2, -0.15) is 0 Å². The molecule has 0 aliphatic rings. The van der Waals surface area contributed by atoms with Gasteiger partial charge in [0, 0.05) is 11.7 Å². The van der Waals surface area contributed by atoms with E-state index in [-0.39, 0.29) is 18.0 Å². The van der Waals surface area contributed by atoms with Gasteiger partial charge < -0.3 is 5.32 Å². The molecule has 0 aliphatic heterocycles. The number of allylic oxidation sites excluding steroid dienone is 2. The van der Waals surface area contributed by atoms with Crippen molar-refractivity contribution in [2.45, 2.75) is 26.8 Å². The molecule has 0 radical (unpaired) electrons. The third kappa shape index (κ3) is 3.59. The minimum atomic E-state index is -0.902. The molecule has 0 spiro atoms. The van der Waals surface area contributed by atoms with E-state index >= 15 is 0 Å². The molecular weight excluding hydrogens is 172 g/mol. The molecule has 5 heteroatoms. The number of aldehydes is 1. The second kappa shape index (κ2) is 5.18. The molecule has 0 atom stereocenters. The van der Waals surface area contributed by atoms with E-state index in [0.29, 0.717) is 5.70 Å². The van der Waals surface area contributed by atoms with Crippen LogP contribution in [-0.4, -0.2) is 18.1 Å². The fourth-order valence-corrected chi connectivity index (χ4v) is 0.855. The first kappa shape index (κ1) is 11.5. The third-order valence-electron chi connectivity index (χ3n) is 1.29. The molecule has 0 aliphatic carbocycles. The molecule has 72 valence electrons. The first-order valence-electron chi connectivity index (χ1n) is 3.83. The van der Waals surface area contributed by atoms with E-state index < -0.39 is 5.78 Å². The van der Waals surface area contributed by atoms with Gasteiger partial charge in [-0.3, -0.25) is 9.59 Å². The highest BCUT2D eigenvalue weighted by Crippen LogP contribution is 2.03. The molecule has 0 amide bonds. The Morgan fingerprint density at radius 1 is 1.46 bits per heavy atom. The number of hydrogen-bond acceptors (Lipinski definition) is 5. The van der Waals surface area contributed by atoms with Gasteiger partial charge in [0.1, 0.15) is 0 Å². The summed E-state index contributed by atoms with van der Waals surface area (Å²) in [6.07, 6.45) is 0.0717. The summed E-state index contributed by atoms with van der Waals surface area (Å²) in [4.78, 5) is 31.1. The van der Waals surface area contributed by atoms with Gasteiger partial charge in [0.2, 0.25) is 5.78 Å². The second-order valence-electron chi connectivity index (χ2n) is 2.85. The average Bonchev–Trinajstić information content (AvgIpc) is 2.03. The van der Waals surface area contributed by atoms with Crippen LogP contribution >= 0.6 is 0 Å². The number of carbonyl (C=O) groups is 2. The summed E-state index contributed by atoms with van der Waals surface area (Å²) in [5.41, 5.74) is -0.0363. The van der Waals surface area contributed by atoms with Crippen molar-refractivity contribution in [3.8, 4) is 0 Å². The number of carbonyl (C=O) groups excluding carboxylic acids is 2. The first-order valence-corrected chi connectivity index (χ1v) is 3.83. The highest BCUT2D eigenvalue weighted by molar-refractivity contribution is 6.33. The zero-order chi connectivity index (χ0) is 10.4. The number of nitrogens with one attached hydrogen (secondary N) is 1. The van der Waals surface area contributed by atoms with Crippen LogP contribution < -0.4 is 5.32 Å². The Kier molecular flexibility index (Phi) is 4.58. The van der Waals surface area contributed by atoms with Crippen LogP contribution in [0.1, 0.15) is 20.8 Å². The number of hydrogen-bond donors (Lipinski definition) is 1. The molecule has 0 bridgehead atoms. The lowest BCUT2D eigenvalue weighted by atomic mass is 10.2. The maximum absolute atomic E-state index is 10.8. The van der Waals surface area contributed by atoms with Crippen LogP contribution in [0.25, 0.3) is 0 Å². The highest BCUT2D eigenvalue weighted by atomic mass is 16.3. The minimum absolute atomic E-state index is 0.0717. The molecule has 13 heavy (non-hydrogen) atoms. The zero-order valence-corrected chi connectivity index (χ0v) is 7.83. The molecule has 0 heterocycles. The predicted molar refractivity (Wildman–Crippen MR) is 47.8 cm³/mol. The molecule has 0 fully saturated rings. The Morgan fingerprint density at radius 3 is 2.31 bits per heavy atom. The Labute approximate surface area is 76.2 Å². The van der Waals surface area contributed by atoms with Crippen LogP contribution in [0.15, 0.2) is 16.6 Å². The molecule has 0 rings (SSSR count). The smallest absolute Gasteiger partial charge is 0.249 e. The molecule has 5 nitrogen and oxygen atoms in total. The highest BCUT2D eigenvalue weighted by Gasteiger charge is 2.13. The van der Waals surface area contributed by atoms with E-state index in [9.17, 15) is 14.5 Å². The minimum Gasteiger partial charge on any atom is -0.384 e. The fourth-order valence-electron chi connectivity index (χ4n) is 0.855. The number of rotatable bonds is 5. The van der Waals surface area contributed by atoms with Gasteiger partial charge in [0.15, 0.2) is 12.0 Å². The van der Waals surface area contributed by atoms with Crippen molar-refractivity contribution < 1.29 is 9.59 Å². The number of nitrogens with zero attached hydrogens (tertiary/aromatic N) is 1. The maximum Gasteiger partial charge on any atom is 0.249 e. The Balaban J connectivity index is 4.78. The lowest BCUT2D eigenvalue weighted by Gasteiger charge is -2.10. The van der Waals surface area contributed by atoms with E-state index in [1.807, 2.05) is 13.8 Å². The monoisotopic (exact) mass is 184 g/mol. The molecule has 0 unspecified atom stereocenters. The van der Waals surface area contributed by atoms with Gasteiger partial charge in [0.05, 0.1) is 0 Å². The van der Waals surface area contributed by atoms with Crippen molar-refractivity contribution in [2.75, 3.05) is 0 Å². The van der Waals surface area contributed by atoms with Crippen molar-refractivity contribution in [2.24, 2.45) is 5.18 Å². The predicted octanol–water partition coefficient (Wildman–Crippen LogP) is 0.750. The summed E-state index contributed by atoms with van der Waals surface area (Å²) in [5.74, 6) is -0.902. The lowest BCUT2D eigenvalue weighted by molar-refractivity contribution is -0.127. The second-order valence-corrected chi connectivity index (χ2v) is 2.85. The Morgan fingerprint density at radius 2 is 2.00 bits per heavy atom. The van der Waals surface area contributed by atoms with Crippen LogP contribution in [0.5, 0.6) is 0 Å². The molecule has 0 saturated heterocycles. The standard InChI is InChI=1S/C8H12N2O3/c1-5(2)9-6(3)8(10-13)7(12)4-11/h4-5,9H,1-3H3/b8-6-. The topological polar surface area (TPSA) is 75.6 Å². The zero-order valence-electron chi connectivity index (χ0n) is 7.83. The summed E-state index contributed by atoms with van der Waals surface area (Å²) >= 11 is 0. The third-order valence-corrected chi connectivity index (χ3v) is 1.29. The van der Waals surface area contributed by atoms with Gasteiger partial charge in [-0.05, 0) is 25.9 Å². The number of ketones is 1. The quantitative estimate of drug-likeness (QED) is 0.296. The summed E-state index contributed by atoms with van der Waals surface area (Å²) in [7, 11) is 0. The van der Waals surface area contributed by atoms with Crippen molar-refractivity contribution in [3.05, 3.63) is 16.3 Å². The van der Waals surface area contributed by atoms with E-state index in [1.165, 1.54) is 6.92 Å². The van der Waals surface area contributed by atoms with Crippen molar-refractivity contribution in [3.63, 3.8) is 0 Å². The number of nitroso groups, excluding NO2 is 1. The van der Waals surface area contributed by atoms with Gasteiger partial charge in [-0.15, -0.1) is 4.91 Å².